The largest absolute Gasteiger partial charge is 0.469 e. The first-order valence-electron chi connectivity index (χ1n) is 5.58. The third-order valence-corrected chi connectivity index (χ3v) is 3.82. The molecule has 7 heteroatoms. The first-order chi connectivity index (χ1) is 8.43. The molecule has 0 saturated carbocycles. The van der Waals surface area contributed by atoms with Gasteiger partial charge in [0.15, 0.2) is 0 Å². The summed E-state index contributed by atoms with van der Waals surface area (Å²) < 4.78 is 32.0. The Kier molecular flexibility index (Phi) is 5.36. The number of methoxy groups -OCH3 is 1. The number of aromatic nitrogens is 1. The topological polar surface area (TPSA) is 77.4 Å². The summed E-state index contributed by atoms with van der Waals surface area (Å²) in [7, 11) is -0.190. The lowest BCUT2D eigenvalue weighted by atomic mass is 10.3. The van der Waals surface area contributed by atoms with Crippen molar-refractivity contribution in [2.24, 2.45) is 7.05 Å². The minimum absolute atomic E-state index is 0.0745. The predicted molar refractivity (Wildman–Crippen MR) is 67.3 cm³/mol. The number of nitrogens with zero attached hydrogens (tertiary/aromatic N) is 1. The highest BCUT2D eigenvalue weighted by atomic mass is 32.2. The summed E-state index contributed by atoms with van der Waals surface area (Å²) in [5, 5.41) is 0. The van der Waals surface area contributed by atoms with E-state index in [2.05, 4.69) is 9.46 Å². The lowest BCUT2D eigenvalue weighted by Crippen LogP contribution is -2.26. The molecule has 1 aromatic heterocycles. The first-order valence-corrected chi connectivity index (χ1v) is 7.23. The molecule has 6 nitrogen and oxygen atoms in total. The van der Waals surface area contributed by atoms with Crippen molar-refractivity contribution in [3.8, 4) is 0 Å². The zero-order valence-electron chi connectivity index (χ0n) is 10.5. The number of esters is 1. The van der Waals surface area contributed by atoms with E-state index in [0.29, 0.717) is 0 Å². The van der Waals surface area contributed by atoms with Gasteiger partial charge in [0.05, 0.1) is 12.9 Å². The molecule has 0 unspecified atom stereocenters. The van der Waals surface area contributed by atoms with Gasteiger partial charge < -0.3 is 9.30 Å². The zero-order chi connectivity index (χ0) is 13.6. The maximum Gasteiger partial charge on any atom is 0.305 e. The van der Waals surface area contributed by atoms with Crippen molar-refractivity contribution >= 4 is 16.0 Å². The highest BCUT2D eigenvalue weighted by Crippen LogP contribution is 2.01. The lowest BCUT2D eigenvalue weighted by Gasteiger charge is -2.05. The number of sulfonamides is 1. The van der Waals surface area contributed by atoms with Gasteiger partial charge in [-0.25, -0.2) is 13.1 Å². The van der Waals surface area contributed by atoms with E-state index >= 15 is 0 Å². The molecule has 0 aromatic carbocycles. The van der Waals surface area contributed by atoms with E-state index < -0.39 is 16.0 Å². The zero-order valence-corrected chi connectivity index (χ0v) is 11.4. The van der Waals surface area contributed by atoms with E-state index in [0.717, 1.165) is 5.56 Å². The molecule has 0 aliphatic carbocycles. The third-order valence-electron chi connectivity index (χ3n) is 2.41. The second kappa shape index (κ2) is 6.55. The number of ether oxygens (including phenoxy) is 1. The molecule has 0 fully saturated rings. The molecular formula is C11H18N2O4S. The minimum atomic E-state index is -3.34. The molecule has 18 heavy (non-hydrogen) atoms. The summed E-state index contributed by atoms with van der Waals surface area (Å²) in [5.41, 5.74) is 0.897. The van der Waals surface area contributed by atoms with Gasteiger partial charge >= 0.3 is 5.97 Å². The Bertz CT molecular complexity index is 493. The van der Waals surface area contributed by atoms with E-state index in [1.54, 1.807) is 0 Å². The Morgan fingerprint density at radius 3 is 2.78 bits per heavy atom. The molecule has 1 heterocycles. The van der Waals surface area contributed by atoms with Crippen molar-refractivity contribution < 1.29 is 17.9 Å². The van der Waals surface area contributed by atoms with Gasteiger partial charge in [0.1, 0.15) is 0 Å². The van der Waals surface area contributed by atoms with Gasteiger partial charge in [0.2, 0.25) is 10.0 Å². The number of rotatable bonds is 7. The molecular weight excluding hydrogens is 256 g/mol. The van der Waals surface area contributed by atoms with Crippen LogP contribution in [0.4, 0.5) is 0 Å². The van der Waals surface area contributed by atoms with Crippen LogP contribution in [0.1, 0.15) is 18.4 Å². The monoisotopic (exact) mass is 274 g/mol. The van der Waals surface area contributed by atoms with E-state index in [4.69, 9.17) is 0 Å². The molecule has 0 saturated heterocycles. The van der Waals surface area contributed by atoms with Crippen LogP contribution in [0, 0.1) is 0 Å². The molecule has 1 aromatic rings. The molecule has 0 aliphatic rings. The van der Waals surface area contributed by atoms with Gasteiger partial charge in [-0.2, -0.15) is 0 Å². The van der Waals surface area contributed by atoms with E-state index in [1.165, 1.54) is 7.11 Å². The molecule has 0 spiro atoms. The van der Waals surface area contributed by atoms with E-state index in [-0.39, 0.29) is 25.1 Å². The summed E-state index contributed by atoms with van der Waals surface area (Å²) in [4.78, 5) is 10.8. The first kappa shape index (κ1) is 14.7. The van der Waals surface area contributed by atoms with Gasteiger partial charge in [-0.05, 0) is 18.1 Å². The molecule has 1 N–H and O–H groups in total. The number of hydrogen-bond donors (Lipinski definition) is 1. The Labute approximate surface area is 107 Å². The number of carbonyl (C=O) groups excluding carboxylic acids is 1. The van der Waals surface area contributed by atoms with Crippen LogP contribution in [0.2, 0.25) is 0 Å². The van der Waals surface area contributed by atoms with Crippen molar-refractivity contribution in [1.82, 2.24) is 9.29 Å². The van der Waals surface area contributed by atoms with E-state index in [9.17, 15) is 13.2 Å². The van der Waals surface area contributed by atoms with Gasteiger partial charge in [0.25, 0.3) is 0 Å². The maximum atomic E-state index is 11.6. The van der Waals surface area contributed by atoms with Crippen LogP contribution in [0.3, 0.4) is 0 Å². The maximum absolute atomic E-state index is 11.6. The SMILES string of the molecule is COC(=O)CCCS(=O)(=O)NCc1ccn(C)c1. The number of hydrogen-bond acceptors (Lipinski definition) is 4. The van der Waals surface area contributed by atoms with Gasteiger partial charge in [-0.3, -0.25) is 4.79 Å². The van der Waals surface area contributed by atoms with Crippen molar-refractivity contribution in [2.75, 3.05) is 12.9 Å². The number of carbonyl (C=O) groups is 1. The van der Waals surface area contributed by atoms with Crippen molar-refractivity contribution in [1.29, 1.82) is 0 Å². The average molecular weight is 274 g/mol. The van der Waals surface area contributed by atoms with E-state index in [1.807, 2.05) is 30.1 Å². The lowest BCUT2D eigenvalue weighted by molar-refractivity contribution is -0.140. The fraction of sp³-hybridized carbons (Fsp3) is 0.545. The second-order valence-electron chi connectivity index (χ2n) is 4.00. The third kappa shape index (κ3) is 5.33. The van der Waals surface area contributed by atoms with Crippen LogP contribution in [0.25, 0.3) is 0 Å². The highest BCUT2D eigenvalue weighted by molar-refractivity contribution is 7.89. The summed E-state index contributed by atoms with van der Waals surface area (Å²) in [5.74, 6) is -0.470. The van der Waals surface area contributed by atoms with Crippen LogP contribution >= 0.6 is 0 Å². The Hall–Kier alpha value is -1.34. The fourth-order valence-corrected chi connectivity index (χ4v) is 2.49. The van der Waals surface area contributed by atoms with Crippen LogP contribution in [-0.2, 0) is 33.1 Å². The number of nitrogens with one attached hydrogen (secondary N) is 1. The van der Waals surface area contributed by atoms with Gasteiger partial charge in [-0.15, -0.1) is 0 Å². The fourth-order valence-electron chi connectivity index (χ4n) is 1.44. The smallest absolute Gasteiger partial charge is 0.305 e. The highest BCUT2D eigenvalue weighted by Gasteiger charge is 2.11. The molecule has 0 atom stereocenters. The van der Waals surface area contributed by atoms with Crippen molar-refractivity contribution in [3.05, 3.63) is 24.0 Å². The molecule has 0 radical (unpaired) electrons. The normalized spacial score (nSPS) is 11.4. The summed E-state index contributed by atoms with van der Waals surface area (Å²) in [6, 6.07) is 1.84. The molecule has 0 amide bonds. The Morgan fingerprint density at radius 2 is 2.22 bits per heavy atom. The van der Waals surface area contributed by atoms with Crippen molar-refractivity contribution in [2.45, 2.75) is 19.4 Å². The van der Waals surface area contributed by atoms with Crippen LogP contribution in [0.5, 0.6) is 0 Å². The molecule has 1 rings (SSSR count). The van der Waals surface area contributed by atoms with Crippen LogP contribution in [-0.4, -0.2) is 31.8 Å². The Morgan fingerprint density at radius 1 is 1.50 bits per heavy atom. The van der Waals surface area contributed by atoms with Gasteiger partial charge in [-0.1, -0.05) is 0 Å². The van der Waals surface area contributed by atoms with Gasteiger partial charge in [0, 0.05) is 32.4 Å². The molecule has 102 valence electrons. The number of aryl methyl sites for hydroxylation is 1. The summed E-state index contributed by atoms with van der Waals surface area (Å²) in [6.07, 6.45) is 4.07. The standard InChI is InChI=1S/C11H18N2O4S/c1-13-6-5-10(9-13)8-12-18(15,16)7-3-4-11(14)17-2/h5-6,9,12H,3-4,7-8H2,1-2H3. The minimum Gasteiger partial charge on any atom is -0.469 e. The molecule has 0 aliphatic heterocycles. The van der Waals surface area contributed by atoms with Crippen LogP contribution in [0.15, 0.2) is 18.5 Å². The Balaban J connectivity index is 2.33. The quantitative estimate of drug-likeness (QED) is 0.730. The molecule has 0 bridgehead atoms. The van der Waals surface area contributed by atoms with Crippen LogP contribution < -0.4 is 4.72 Å². The average Bonchev–Trinajstić information content (AvgIpc) is 2.72. The predicted octanol–water partition coefficient (Wildman–Crippen LogP) is 0.398. The summed E-state index contributed by atoms with van der Waals surface area (Å²) >= 11 is 0. The summed E-state index contributed by atoms with van der Waals surface area (Å²) in [6.45, 7) is 0.265. The second-order valence-corrected chi connectivity index (χ2v) is 5.93. The van der Waals surface area contributed by atoms with Crippen molar-refractivity contribution in [3.63, 3.8) is 0 Å².